The van der Waals surface area contributed by atoms with Crippen molar-refractivity contribution < 1.29 is 13.6 Å². The molecule has 0 fully saturated rings. The third-order valence-corrected chi connectivity index (χ3v) is 2.10. The number of carbonyl (C=O) groups is 1. The van der Waals surface area contributed by atoms with E-state index in [9.17, 15) is 13.6 Å². The van der Waals surface area contributed by atoms with Crippen LogP contribution in [0.2, 0.25) is 0 Å². The molecule has 5 heteroatoms. The third kappa shape index (κ3) is 2.42. The average Bonchev–Trinajstić information content (AvgIpc) is 2.29. The van der Waals surface area contributed by atoms with E-state index in [0.717, 1.165) is 12.3 Å². The van der Waals surface area contributed by atoms with Crippen molar-refractivity contribution in [3.05, 3.63) is 42.2 Å². The average molecular weight is 226 g/mol. The van der Waals surface area contributed by atoms with Gasteiger partial charge in [-0.05, 0) is 13.0 Å². The number of amides is 1. The monoisotopic (exact) mass is 226 g/mol. The van der Waals surface area contributed by atoms with E-state index in [0.29, 0.717) is 13.1 Å². The van der Waals surface area contributed by atoms with Crippen LogP contribution >= 0.6 is 0 Å². The topological polar surface area (TPSA) is 33.2 Å². The molecule has 1 amide bonds. The predicted octanol–water partition coefficient (Wildman–Crippen LogP) is 2.01. The minimum Gasteiger partial charge on any atom is -0.335 e. The van der Waals surface area contributed by atoms with Gasteiger partial charge < -0.3 is 4.90 Å². The highest BCUT2D eigenvalue weighted by Gasteiger charge is 2.19. The summed E-state index contributed by atoms with van der Waals surface area (Å²) in [7, 11) is 0. The van der Waals surface area contributed by atoms with E-state index >= 15 is 0 Å². The standard InChI is InChI=1S/C11H12F2N2O/c1-3-7-15(4-2)11(16)8-5-6-14-10(13)9(8)12/h3,5-6H,1,4,7H2,2H3. The van der Waals surface area contributed by atoms with Gasteiger partial charge >= 0.3 is 0 Å². The molecule has 1 rings (SSSR count). The van der Waals surface area contributed by atoms with E-state index in [2.05, 4.69) is 11.6 Å². The number of pyridine rings is 1. The van der Waals surface area contributed by atoms with Crippen LogP contribution in [0.3, 0.4) is 0 Å². The number of hydrogen-bond acceptors (Lipinski definition) is 2. The van der Waals surface area contributed by atoms with Gasteiger partial charge in [0.15, 0.2) is 5.82 Å². The molecule has 16 heavy (non-hydrogen) atoms. The van der Waals surface area contributed by atoms with Gasteiger partial charge in [-0.2, -0.15) is 4.39 Å². The van der Waals surface area contributed by atoms with Crippen LogP contribution < -0.4 is 0 Å². The Morgan fingerprint density at radius 3 is 2.88 bits per heavy atom. The Labute approximate surface area is 92.4 Å². The van der Waals surface area contributed by atoms with Crippen LogP contribution in [0.15, 0.2) is 24.9 Å². The first-order valence-electron chi connectivity index (χ1n) is 4.82. The summed E-state index contributed by atoms with van der Waals surface area (Å²) in [6.07, 6.45) is 2.59. The summed E-state index contributed by atoms with van der Waals surface area (Å²) in [5, 5.41) is 0. The summed E-state index contributed by atoms with van der Waals surface area (Å²) >= 11 is 0. The molecule has 0 bridgehead atoms. The molecule has 86 valence electrons. The molecule has 1 heterocycles. The lowest BCUT2D eigenvalue weighted by atomic mass is 10.2. The molecule has 0 saturated carbocycles. The van der Waals surface area contributed by atoms with Crippen LogP contribution in [0.25, 0.3) is 0 Å². The zero-order valence-electron chi connectivity index (χ0n) is 8.91. The second-order valence-corrected chi connectivity index (χ2v) is 3.10. The molecule has 0 unspecified atom stereocenters. The second-order valence-electron chi connectivity index (χ2n) is 3.10. The number of carbonyl (C=O) groups excluding carboxylic acids is 1. The molecule has 0 saturated heterocycles. The summed E-state index contributed by atoms with van der Waals surface area (Å²) < 4.78 is 26.1. The van der Waals surface area contributed by atoms with Crippen molar-refractivity contribution in [2.75, 3.05) is 13.1 Å². The Kier molecular flexibility index (Phi) is 4.10. The van der Waals surface area contributed by atoms with E-state index in [-0.39, 0.29) is 5.56 Å². The summed E-state index contributed by atoms with van der Waals surface area (Å²) in [5.41, 5.74) is -0.309. The number of aromatic nitrogens is 1. The van der Waals surface area contributed by atoms with Gasteiger partial charge in [-0.15, -0.1) is 6.58 Å². The number of likely N-dealkylation sites (N-methyl/N-ethyl adjacent to an activating group) is 1. The van der Waals surface area contributed by atoms with Crippen LogP contribution in [-0.2, 0) is 0 Å². The zero-order chi connectivity index (χ0) is 12.1. The molecule has 1 aromatic rings. The Morgan fingerprint density at radius 1 is 1.62 bits per heavy atom. The maximum absolute atomic E-state index is 13.3. The highest BCUT2D eigenvalue weighted by atomic mass is 19.2. The molecule has 0 spiro atoms. The molecule has 1 aromatic heterocycles. The van der Waals surface area contributed by atoms with Gasteiger partial charge in [-0.1, -0.05) is 6.08 Å². The Balaban J connectivity index is 3.03. The third-order valence-electron chi connectivity index (χ3n) is 2.10. The highest BCUT2D eigenvalue weighted by Crippen LogP contribution is 2.11. The predicted molar refractivity (Wildman–Crippen MR) is 55.9 cm³/mol. The van der Waals surface area contributed by atoms with Crippen molar-refractivity contribution in [1.29, 1.82) is 0 Å². The van der Waals surface area contributed by atoms with E-state index in [1.54, 1.807) is 6.92 Å². The van der Waals surface area contributed by atoms with Crippen LogP contribution in [0.5, 0.6) is 0 Å². The molecule has 0 aliphatic rings. The minimum absolute atomic E-state index is 0.290. The van der Waals surface area contributed by atoms with Gasteiger partial charge in [0, 0.05) is 19.3 Å². The van der Waals surface area contributed by atoms with Gasteiger partial charge in [0.05, 0.1) is 5.56 Å². The SMILES string of the molecule is C=CCN(CC)C(=O)c1ccnc(F)c1F. The number of nitrogens with zero attached hydrogens (tertiary/aromatic N) is 2. The van der Waals surface area contributed by atoms with Crippen molar-refractivity contribution in [2.24, 2.45) is 0 Å². The lowest BCUT2D eigenvalue weighted by molar-refractivity contribution is 0.0776. The number of hydrogen-bond donors (Lipinski definition) is 0. The summed E-state index contributed by atoms with van der Waals surface area (Å²) in [6, 6.07) is 1.16. The van der Waals surface area contributed by atoms with Gasteiger partial charge in [0.2, 0.25) is 5.95 Å². The van der Waals surface area contributed by atoms with E-state index in [4.69, 9.17) is 0 Å². The quantitative estimate of drug-likeness (QED) is 0.581. The zero-order valence-corrected chi connectivity index (χ0v) is 8.91. The first kappa shape index (κ1) is 12.3. The molecule has 0 aliphatic carbocycles. The van der Waals surface area contributed by atoms with Crippen LogP contribution in [-0.4, -0.2) is 28.9 Å². The van der Waals surface area contributed by atoms with Crippen molar-refractivity contribution in [2.45, 2.75) is 6.92 Å². The second kappa shape index (κ2) is 5.34. The van der Waals surface area contributed by atoms with Crippen molar-refractivity contribution >= 4 is 5.91 Å². The molecular weight excluding hydrogens is 214 g/mol. The Hall–Kier alpha value is -1.78. The van der Waals surface area contributed by atoms with Gasteiger partial charge in [-0.25, -0.2) is 9.37 Å². The maximum Gasteiger partial charge on any atom is 0.257 e. The maximum atomic E-state index is 13.3. The van der Waals surface area contributed by atoms with E-state index in [1.807, 2.05) is 0 Å². The fraction of sp³-hybridized carbons (Fsp3) is 0.273. The van der Waals surface area contributed by atoms with Gasteiger partial charge in [-0.3, -0.25) is 4.79 Å². The van der Waals surface area contributed by atoms with E-state index < -0.39 is 17.7 Å². The van der Waals surface area contributed by atoms with Gasteiger partial charge in [0.1, 0.15) is 0 Å². The number of rotatable bonds is 4. The van der Waals surface area contributed by atoms with Crippen LogP contribution in [0.1, 0.15) is 17.3 Å². The molecule has 0 radical (unpaired) electrons. The molecule has 0 N–H and O–H groups in total. The van der Waals surface area contributed by atoms with Crippen LogP contribution in [0, 0.1) is 11.8 Å². The summed E-state index contributed by atoms with van der Waals surface area (Å²) in [5.74, 6) is -3.04. The largest absolute Gasteiger partial charge is 0.335 e. The summed E-state index contributed by atoms with van der Waals surface area (Å²) in [6.45, 7) is 5.92. The Bertz CT molecular complexity index is 407. The normalized spacial score (nSPS) is 9.94. The van der Waals surface area contributed by atoms with E-state index in [1.165, 1.54) is 11.0 Å². The first-order chi connectivity index (χ1) is 7.61. The fourth-order valence-corrected chi connectivity index (χ4v) is 1.27. The fourth-order valence-electron chi connectivity index (χ4n) is 1.27. The summed E-state index contributed by atoms with van der Waals surface area (Å²) in [4.78, 5) is 16.3. The molecule has 0 atom stereocenters. The molecular formula is C11H12F2N2O. The van der Waals surface area contributed by atoms with Crippen molar-refractivity contribution in [1.82, 2.24) is 9.88 Å². The smallest absolute Gasteiger partial charge is 0.257 e. The van der Waals surface area contributed by atoms with Crippen molar-refractivity contribution in [3.63, 3.8) is 0 Å². The minimum atomic E-state index is -1.26. The molecule has 3 nitrogen and oxygen atoms in total. The van der Waals surface area contributed by atoms with Gasteiger partial charge in [0.25, 0.3) is 5.91 Å². The Morgan fingerprint density at radius 2 is 2.31 bits per heavy atom. The highest BCUT2D eigenvalue weighted by molar-refractivity contribution is 5.94. The molecule has 0 aromatic carbocycles. The number of halogens is 2. The van der Waals surface area contributed by atoms with Crippen molar-refractivity contribution in [3.8, 4) is 0 Å². The lowest BCUT2D eigenvalue weighted by Gasteiger charge is -2.18. The first-order valence-corrected chi connectivity index (χ1v) is 4.82. The van der Waals surface area contributed by atoms with Crippen LogP contribution in [0.4, 0.5) is 8.78 Å². The molecule has 0 aliphatic heterocycles. The lowest BCUT2D eigenvalue weighted by Crippen LogP contribution is -2.31.